The minimum absolute atomic E-state index is 0.463. The Labute approximate surface area is 109 Å². The number of nitrogens with one attached hydrogen (secondary N) is 1. The fourth-order valence-corrected chi connectivity index (χ4v) is 2.11. The Kier molecular flexibility index (Phi) is 2.90. The van der Waals surface area contributed by atoms with Crippen molar-refractivity contribution in [3.63, 3.8) is 0 Å². The van der Waals surface area contributed by atoms with Gasteiger partial charge in [0.25, 0.3) is 0 Å². The van der Waals surface area contributed by atoms with E-state index in [1.807, 2.05) is 36.4 Å². The fourth-order valence-electron chi connectivity index (χ4n) is 1.88. The van der Waals surface area contributed by atoms with Crippen LogP contribution in [0.3, 0.4) is 0 Å². The number of benzene rings is 1. The molecule has 4 heteroatoms. The van der Waals surface area contributed by atoms with Crippen molar-refractivity contribution in [1.82, 2.24) is 4.98 Å². The molecular weight excluding hydrogens is 248 g/mol. The molecule has 0 saturated heterocycles. The van der Waals surface area contributed by atoms with E-state index in [9.17, 15) is 0 Å². The zero-order valence-electron chi connectivity index (χ0n) is 9.56. The number of alkyl halides is 1. The first kappa shape index (κ1) is 11.1. The number of furan rings is 1. The number of hydrogen-bond donors (Lipinski definition) is 1. The van der Waals surface area contributed by atoms with Gasteiger partial charge in [-0.3, -0.25) is 0 Å². The van der Waals surface area contributed by atoms with Crippen molar-refractivity contribution < 1.29 is 4.42 Å². The first-order valence-electron chi connectivity index (χ1n) is 5.61. The summed E-state index contributed by atoms with van der Waals surface area (Å²) in [4.78, 5) is 4.34. The summed E-state index contributed by atoms with van der Waals surface area (Å²) in [6.45, 7) is 0. The largest absolute Gasteiger partial charge is 0.464 e. The van der Waals surface area contributed by atoms with E-state index in [1.165, 1.54) is 0 Å². The second kappa shape index (κ2) is 4.70. The van der Waals surface area contributed by atoms with Gasteiger partial charge < -0.3 is 9.73 Å². The predicted molar refractivity (Wildman–Crippen MR) is 73.3 cm³/mol. The first-order valence-corrected chi connectivity index (χ1v) is 6.15. The highest BCUT2D eigenvalue weighted by Crippen LogP contribution is 2.27. The normalized spacial score (nSPS) is 10.7. The third-order valence-electron chi connectivity index (χ3n) is 2.79. The molecule has 0 aliphatic heterocycles. The molecule has 2 heterocycles. The lowest BCUT2D eigenvalue weighted by Crippen LogP contribution is -1.96. The second-order valence-corrected chi connectivity index (χ2v) is 4.18. The molecule has 3 rings (SSSR count). The molecule has 90 valence electrons. The number of aromatic nitrogens is 1. The molecule has 2 aromatic heterocycles. The topological polar surface area (TPSA) is 38.1 Å². The lowest BCUT2D eigenvalue weighted by atomic mass is 10.2. The molecule has 0 radical (unpaired) electrons. The number of para-hydroxylation sites is 1. The van der Waals surface area contributed by atoms with Crippen LogP contribution in [0.4, 0.5) is 11.5 Å². The van der Waals surface area contributed by atoms with Crippen LogP contribution >= 0.6 is 11.6 Å². The van der Waals surface area contributed by atoms with Crippen molar-refractivity contribution in [3.8, 4) is 0 Å². The Morgan fingerprint density at radius 2 is 2.06 bits per heavy atom. The third kappa shape index (κ3) is 1.93. The summed E-state index contributed by atoms with van der Waals surface area (Å²) >= 11 is 5.92. The lowest BCUT2D eigenvalue weighted by Gasteiger charge is -2.09. The lowest BCUT2D eigenvalue weighted by molar-refractivity contribution is 0.615. The molecule has 1 aromatic carbocycles. The number of rotatable bonds is 3. The number of fused-ring (bicyclic) bond motifs is 1. The van der Waals surface area contributed by atoms with Crippen LogP contribution in [-0.2, 0) is 5.88 Å². The Morgan fingerprint density at radius 1 is 1.17 bits per heavy atom. The SMILES string of the molecule is ClCc1ccccc1Nc1nccc2occc12. The summed E-state index contributed by atoms with van der Waals surface area (Å²) in [5, 5.41) is 4.26. The summed E-state index contributed by atoms with van der Waals surface area (Å²) in [7, 11) is 0. The van der Waals surface area contributed by atoms with Crippen LogP contribution in [0.1, 0.15) is 5.56 Å². The van der Waals surface area contributed by atoms with Crippen molar-refractivity contribution in [2.24, 2.45) is 0 Å². The van der Waals surface area contributed by atoms with Crippen LogP contribution in [0, 0.1) is 0 Å². The minimum Gasteiger partial charge on any atom is -0.464 e. The van der Waals surface area contributed by atoms with E-state index in [4.69, 9.17) is 16.0 Å². The monoisotopic (exact) mass is 258 g/mol. The van der Waals surface area contributed by atoms with Gasteiger partial charge in [0.05, 0.1) is 11.6 Å². The molecule has 0 spiro atoms. The van der Waals surface area contributed by atoms with Crippen LogP contribution in [-0.4, -0.2) is 4.98 Å². The van der Waals surface area contributed by atoms with Gasteiger partial charge in [-0.05, 0) is 23.8 Å². The molecule has 1 N–H and O–H groups in total. The summed E-state index contributed by atoms with van der Waals surface area (Å²) in [6.07, 6.45) is 3.38. The van der Waals surface area contributed by atoms with Crippen LogP contribution in [0.15, 0.2) is 53.3 Å². The van der Waals surface area contributed by atoms with Crippen molar-refractivity contribution in [1.29, 1.82) is 0 Å². The van der Waals surface area contributed by atoms with Crippen molar-refractivity contribution in [2.75, 3.05) is 5.32 Å². The van der Waals surface area contributed by atoms with Crippen LogP contribution in [0.25, 0.3) is 11.0 Å². The van der Waals surface area contributed by atoms with Gasteiger partial charge in [-0.15, -0.1) is 11.6 Å². The van der Waals surface area contributed by atoms with E-state index in [-0.39, 0.29) is 0 Å². The maximum Gasteiger partial charge on any atom is 0.141 e. The summed E-state index contributed by atoms with van der Waals surface area (Å²) in [5.41, 5.74) is 2.83. The molecule has 0 atom stereocenters. The molecular formula is C14H11ClN2O. The Balaban J connectivity index is 2.04. The summed E-state index contributed by atoms with van der Waals surface area (Å²) < 4.78 is 5.35. The fraction of sp³-hybridized carbons (Fsp3) is 0.0714. The smallest absolute Gasteiger partial charge is 0.141 e. The summed E-state index contributed by atoms with van der Waals surface area (Å²) in [5.74, 6) is 1.24. The number of nitrogens with zero attached hydrogens (tertiary/aromatic N) is 1. The number of pyridine rings is 1. The van der Waals surface area contributed by atoms with Crippen LogP contribution in [0.5, 0.6) is 0 Å². The molecule has 0 saturated carbocycles. The molecule has 0 bridgehead atoms. The minimum atomic E-state index is 0.463. The maximum atomic E-state index is 5.92. The maximum absolute atomic E-state index is 5.92. The van der Waals surface area contributed by atoms with Crippen molar-refractivity contribution in [2.45, 2.75) is 5.88 Å². The molecule has 3 aromatic rings. The van der Waals surface area contributed by atoms with E-state index in [2.05, 4.69) is 10.3 Å². The van der Waals surface area contributed by atoms with Gasteiger partial charge in [0.2, 0.25) is 0 Å². The van der Waals surface area contributed by atoms with Crippen LogP contribution < -0.4 is 5.32 Å². The Hall–Kier alpha value is -2.00. The number of anilines is 2. The van der Waals surface area contributed by atoms with Crippen LogP contribution in [0.2, 0.25) is 0 Å². The standard InChI is InChI=1S/C14H11ClN2O/c15-9-10-3-1-2-4-12(10)17-14-11-6-8-18-13(11)5-7-16-14/h1-8H,9H2,(H,16,17). The number of hydrogen-bond acceptors (Lipinski definition) is 3. The van der Waals surface area contributed by atoms with E-state index in [0.717, 1.165) is 28.0 Å². The van der Waals surface area contributed by atoms with Gasteiger partial charge in [0.15, 0.2) is 0 Å². The predicted octanol–water partition coefficient (Wildman–Crippen LogP) is 4.31. The van der Waals surface area contributed by atoms with E-state index in [0.29, 0.717) is 5.88 Å². The molecule has 0 aliphatic rings. The highest BCUT2D eigenvalue weighted by Gasteiger charge is 2.06. The Bertz CT molecular complexity index is 678. The zero-order chi connectivity index (χ0) is 12.4. The van der Waals surface area contributed by atoms with Gasteiger partial charge in [-0.1, -0.05) is 18.2 Å². The molecule has 0 unspecified atom stereocenters. The van der Waals surface area contributed by atoms with Gasteiger partial charge in [-0.2, -0.15) is 0 Å². The average molecular weight is 259 g/mol. The van der Waals surface area contributed by atoms with Gasteiger partial charge in [0, 0.05) is 17.8 Å². The average Bonchev–Trinajstić information content (AvgIpc) is 2.89. The van der Waals surface area contributed by atoms with Crippen molar-refractivity contribution >= 4 is 34.1 Å². The van der Waals surface area contributed by atoms with Gasteiger partial charge >= 0.3 is 0 Å². The molecule has 0 amide bonds. The highest BCUT2D eigenvalue weighted by atomic mass is 35.5. The third-order valence-corrected chi connectivity index (χ3v) is 3.08. The summed E-state index contributed by atoms with van der Waals surface area (Å²) in [6, 6.07) is 11.6. The molecule has 3 nitrogen and oxygen atoms in total. The molecule has 0 fully saturated rings. The second-order valence-electron chi connectivity index (χ2n) is 3.91. The molecule has 0 aliphatic carbocycles. The van der Waals surface area contributed by atoms with Gasteiger partial charge in [-0.25, -0.2) is 4.98 Å². The Morgan fingerprint density at radius 3 is 2.94 bits per heavy atom. The first-order chi connectivity index (χ1) is 8.88. The van der Waals surface area contributed by atoms with E-state index < -0.39 is 0 Å². The quantitative estimate of drug-likeness (QED) is 0.712. The van der Waals surface area contributed by atoms with E-state index in [1.54, 1.807) is 12.5 Å². The van der Waals surface area contributed by atoms with Crippen molar-refractivity contribution in [3.05, 3.63) is 54.4 Å². The molecule has 18 heavy (non-hydrogen) atoms. The number of halogens is 1. The van der Waals surface area contributed by atoms with E-state index >= 15 is 0 Å². The van der Waals surface area contributed by atoms with Gasteiger partial charge in [0.1, 0.15) is 11.4 Å². The zero-order valence-corrected chi connectivity index (χ0v) is 10.3. The highest BCUT2D eigenvalue weighted by molar-refractivity contribution is 6.17.